The lowest BCUT2D eigenvalue weighted by Gasteiger charge is -2.23. The number of benzene rings is 1. The molecular formula is C11H15FO2. The second-order valence-corrected chi connectivity index (χ2v) is 3.83. The Hall–Kier alpha value is -1.09. The Kier molecular flexibility index (Phi) is 2.81. The molecule has 14 heavy (non-hydrogen) atoms. The fraction of sp³-hybridized carbons (Fsp3) is 0.455. The summed E-state index contributed by atoms with van der Waals surface area (Å²) in [5.74, 6) is -0.326. The van der Waals surface area contributed by atoms with E-state index in [2.05, 4.69) is 0 Å². The van der Waals surface area contributed by atoms with Crippen LogP contribution in [0.15, 0.2) is 12.1 Å². The van der Waals surface area contributed by atoms with E-state index in [1.807, 2.05) is 6.92 Å². The van der Waals surface area contributed by atoms with Crippen molar-refractivity contribution >= 4 is 0 Å². The van der Waals surface area contributed by atoms with Gasteiger partial charge in [0.2, 0.25) is 0 Å². The fourth-order valence-corrected chi connectivity index (χ4v) is 1.62. The lowest BCUT2D eigenvalue weighted by Crippen LogP contribution is -2.19. The number of rotatable bonds is 2. The second-order valence-electron chi connectivity index (χ2n) is 3.83. The first-order valence-electron chi connectivity index (χ1n) is 4.44. The first-order valence-corrected chi connectivity index (χ1v) is 4.44. The van der Waals surface area contributed by atoms with Gasteiger partial charge < -0.3 is 9.84 Å². The van der Waals surface area contributed by atoms with Crippen LogP contribution in [0, 0.1) is 12.7 Å². The van der Waals surface area contributed by atoms with E-state index in [9.17, 15) is 9.50 Å². The number of methoxy groups -OCH3 is 1. The van der Waals surface area contributed by atoms with Gasteiger partial charge in [-0.15, -0.1) is 0 Å². The molecule has 0 saturated carbocycles. The number of hydrogen-bond acceptors (Lipinski definition) is 2. The van der Waals surface area contributed by atoms with Gasteiger partial charge in [-0.1, -0.05) is 6.07 Å². The molecular weight excluding hydrogens is 183 g/mol. The summed E-state index contributed by atoms with van der Waals surface area (Å²) in [5.41, 5.74) is 0.216. The molecule has 0 aliphatic carbocycles. The number of aliphatic hydroxyl groups is 1. The summed E-state index contributed by atoms with van der Waals surface area (Å²) in [7, 11) is 1.40. The van der Waals surface area contributed by atoms with E-state index in [0.29, 0.717) is 5.56 Å². The van der Waals surface area contributed by atoms with Gasteiger partial charge in [-0.3, -0.25) is 0 Å². The maximum absolute atomic E-state index is 13.3. The van der Waals surface area contributed by atoms with E-state index in [-0.39, 0.29) is 5.75 Å². The third kappa shape index (κ3) is 1.87. The number of hydrogen-bond donors (Lipinski definition) is 1. The molecule has 0 saturated heterocycles. The van der Waals surface area contributed by atoms with Crippen LogP contribution in [-0.4, -0.2) is 12.2 Å². The summed E-state index contributed by atoms with van der Waals surface area (Å²) < 4.78 is 18.3. The first kappa shape index (κ1) is 11.0. The van der Waals surface area contributed by atoms with Crippen LogP contribution in [0.3, 0.4) is 0 Å². The molecule has 1 rings (SSSR count). The second kappa shape index (κ2) is 3.58. The van der Waals surface area contributed by atoms with Gasteiger partial charge in [0.15, 0.2) is 11.6 Å². The molecule has 0 aliphatic heterocycles. The summed E-state index contributed by atoms with van der Waals surface area (Å²) in [6, 6.07) is 2.97. The Morgan fingerprint density at radius 3 is 2.29 bits per heavy atom. The average Bonchev–Trinajstić information content (AvgIpc) is 2.06. The Morgan fingerprint density at radius 1 is 1.36 bits per heavy atom. The minimum atomic E-state index is -1.10. The van der Waals surface area contributed by atoms with Gasteiger partial charge in [0.25, 0.3) is 0 Å². The van der Waals surface area contributed by atoms with E-state index in [4.69, 9.17) is 4.74 Å². The Balaban J connectivity index is 3.46. The minimum absolute atomic E-state index is 0.123. The molecule has 0 amide bonds. The van der Waals surface area contributed by atoms with Gasteiger partial charge in [-0.25, -0.2) is 4.39 Å². The van der Waals surface area contributed by atoms with E-state index in [1.165, 1.54) is 13.2 Å². The lowest BCUT2D eigenvalue weighted by atomic mass is 9.92. The highest BCUT2D eigenvalue weighted by molar-refractivity contribution is 5.44. The minimum Gasteiger partial charge on any atom is -0.493 e. The zero-order valence-electron chi connectivity index (χ0n) is 8.89. The highest BCUT2D eigenvalue weighted by Crippen LogP contribution is 2.34. The lowest BCUT2D eigenvalue weighted by molar-refractivity contribution is 0.0742. The third-order valence-electron chi connectivity index (χ3n) is 2.13. The van der Waals surface area contributed by atoms with E-state index in [1.54, 1.807) is 19.9 Å². The smallest absolute Gasteiger partial charge is 0.165 e. The van der Waals surface area contributed by atoms with Crippen molar-refractivity contribution in [1.29, 1.82) is 0 Å². The standard InChI is InChI=1S/C11H15FO2/c1-7-5-6-8(12)10(14-4)9(7)11(2,3)13/h5-6,13H,1-4H3. The molecule has 0 atom stereocenters. The molecule has 0 radical (unpaired) electrons. The van der Waals surface area contributed by atoms with Crippen LogP contribution in [0.25, 0.3) is 0 Å². The zero-order chi connectivity index (χ0) is 10.9. The average molecular weight is 198 g/mol. The Morgan fingerprint density at radius 2 is 1.93 bits per heavy atom. The van der Waals surface area contributed by atoms with E-state index in [0.717, 1.165) is 5.56 Å². The number of ether oxygens (including phenoxy) is 1. The summed E-state index contributed by atoms with van der Waals surface area (Å²) in [6.45, 7) is 5.03. The van der Waals surface area contributed by atoms with E-state index < -0.39 is 11.4 Å². The van der Waals surface area contributed by atoms with Crippen molar-refractivity contribution in [1.82, 2.24) is 0 Å². The SMILES string of the molecule is COc1c(F)ccc(C)c1C(C)(C)O. The van der Waals surface area contributed by atoms with Crippen molar-refractivity contribution in [2.75, 3.05) is 7.11 Å². The predicted molar refractivity (Wildman–Crippen MR) is 52.9 cm³/mol. The summed E-state index contributed by atoms with van der Waals surface area (Å²) >= 11 is 0. The molecule has 2 nitrogen and oxygen atoms in total. The van der Waals surface area contributed by atoms with Crippen LogP contribution < -0.4 is 4.74 Å². The van der Waals surface area contributed by atoms with Crippen molar-refractivity contribution in [2.45, 2.75) is 26.4 Å². The van der Waals surface area contributed by atoms with Crippen LogP contribution in [-0.2, 0) is 5.60 Å². The van der Waals surface area contributed by atoms with E-state index >= 15 is 0 Å². The van der Waals surface area contributed by atoms with Crippen molar-refractivity contribution in [2.24, 2.45) is 0 Å². The highest BCUT2D eigenvalue weighted by atomic mass is 19.1. The van der Waals surface area contributed by atoms with Crippen LogP contribution in [0.2, 0.25) is 0 Å². The van der Waals surface area contributed by atoms with Crippen molar-refractivity contribution in [3.05, 3.63) is 29.1 Å². The van der Waals surface area contributed by atoms with Gasteiger partial charge in [0, 0.05) is 5.56 Å². The molecule has 0 aromatic heterocycles. The molecule has 0 unspecified atom stereocenters. The van der Waals surface area contributed by atoms with Crippen LogP contribution in [0.5, 0.6) is 5.75 Å². The van der Waals surface area contributed by atoms with Gasteiger partial charge in [0.05, 0.1) is 12.7 Å². The van der Waals surface area contributed by atoms with Crippen LogP contribution >= 0.6 is 0 Å². The zero-order valence-corrected chi connectivity index (χ0v) is 8.89. The summed E-state index contributed by atoms with van der Waals surface area (Å²) in [5, 5.41) is 9.86. The number of aryl methyl sites for hydroxylation is 1. The summed E-state index contributed by atoms with van der Waals surface area (Å²) in [6.07, 6.45) is 0. The molecule has 3 heteroatoms. The Bertz CT molecular complexity index is 340. The van der Waals surface area contributed by atoms with Gasteiger partial charge in [0.1, 0.15) is 0 Å². The predicted octanol–water partition coefficient (Wildman–Crippen LogP) is 2.37. The molecule has 1 aromatic rings. The monoisotopic (exact) mass is 198 g/mol. The maximum Gasteiger partial charge on any atom is 0.165 e. The number of halogens is 1. The summed E-state index contributed by atoms with van der Waals surface area (Å²) in [4.78, 5) is 0. The molecule has 0 aliphatic rings. The van der Waals surface area contributed by atoms with Crippen LogP contribution in [0.4, 0.5) is 4.39 Å². The highest BCUT2D eigenvalue weighted by Gasteiger charge is 2.25. The molecule has 1 N–H and O–H groups in total. The largest absolute Gasteiger partial charge is 0.493 e. The molecule has 0 bridgehead atoms. The van der Waals surface area contributed by atoms with Crippen molar-refractivity contribution < 1.29 is 14.2 Å². The fourth-order valence-electron chi connectivity index (χ4n) is 1.62. The normalized spacial score (nSPS) is 11.6. The third-order valence-corrected chi connectivity index (χ3v) is 2.13. The first-order chi connectivity index (χ1) is 6.38. The molecule has 78 valence electrons. The van der Waals surface area contributed by atoms with Gasteiger partial charge in [-0.2, -0.15) is 0 Å². The quantitative estimate of drug-likeness (QED) is 0.790. The maximum atomic E-state index is 13.3. The molecule has 1 aromatic carbocycles. The topological polar surface area (TPSA) is 29.5 Å². The van der Waals surface area contributed by atoms with Gasteiger partial charge in [-0.05, 0) is 32.4 Å². The van der Waals surface area contributed by atoms with Gasteiger partial charge >= 0.3 is 0 Å². The van der Waals surface area contributed by atoms with Crippen molar-refractivity contribution in [3.8, 4) is 5.75 Å². The molecule has 0 spiro atoms. The molecule has 0 fully saturated rings. The van der Waals surface area contributed by atoms with Crippen LogP contribution in [0.1, 0.15) is 25.0 Å². The Labute approximate surface area is 83.3 Å². The molecule has 0 heterocycles. The van der Waals surface area contributed by atoms with Crippen molar-refractivity contribution in [3.63, 3.8) is 0 Å².